The third kappa shape index (κ3) is 2.57. The molecule has 1 aromatic carbocycles. The summed E-state index contributed by atoms with van der Waals surface area (Å²) in [5.41, 5.74) is 5.43. The first-order valence-electron chi connectivity index (χ1n) is 5.68. The number of carbonyl (C=O) groups is 1. The monoisotopic (exact) mass is 237 g/mol. The largest absolute Gasteiger partial charge is 0.439 e. The second-order valence-electron chi connectivity index (χ2n) is 4.94. The highest BCUT2D eigenvalue weighted by molar-refractivity contribution is 5.65. The molecule has 2 N–H and O–H groups in total. The zero-order valence-corrected chi connectivity index (χ0v) is 10.00. The van der Waals surface area contributed by atoms with Crippen LogP contribution in [-0.2, 0) is 10.3 Å². The smallest absolute Gasteiger partial charge is 0.405 e. The van der Waals surface area contributed by atoms with Crippen LogP contribution >= 0.6 is 0 Å². The second kappa shape index (κ2) is 4.02. The van der Waals surface area contributed by atoms with E-state index in [4.69, 9.17) is 10.5 Å². The number of nitrogens with two attached hydrogens (primary N) is 1. The number of primary amides is 1. The summed E-state index contributed by atoms with van der Waals surface area (Å²) >= 11 is 0. The summed E-state index contributed by atoms with van der Waals surface area (Å²) in [5, 5.41) is 0. The lowest BCUT2D eigenvalue weighted by molar-refractivity contribution is 0.0405. The maximum atomic E-state index is 13.8. The summed E-state index contributed by atoms with van der Waals surface area (Å²) < 4.78 is 18.7. The molecule has 0 bridgehead atoms. The molecule has 0 radical (unpaired) electrons. The average Bonchev–Trinajstić information content (AvgIpc) is 2.99. The number of rotatable bonds is 3. The number of hydrogen-bond acceptors (Lipinski definition) is 2. The van der Waals surface area contributed by atoms with Crippen molar-refractivity contribution in [1.29, 1.82) is 0 Å². The van der Waals surface area contributed by atoms with Crippen LogP contribution in [0, 0.1) is 5.82 Å². The van der Waals surface area contributed by atoms with Gasteiger partial charge in [0.05, 0.1) is 0 Å². The Labute approximate surface area is 99.8 Å². The zero-order chi connectivity index (χ0) is 12.6. The van der Waals surface area contributed by atoms with Gasteiger partial charge in [-0.1, -0.05) is 6.07 Å². The van der Waals surface area contributed by atoms with Gasteiger partial charge in [0.25, 0.3) is 0 Å². The Morgan fingerprint density at radius 1 is 1.47 bits per heavy atom. The molecule has 0 heterocycles. The summed E-state index contributed by atoms with van der Waals surface area (Å²) in [6, 6.07) is 4.99. The molecule has 1 saturated carbocycles. The second-order valence-corrected chi connectivity index (χ2v) is 4.94. The van der Waals surface area contributed by atoms with E-state index < -0.39 is 11.7 Å². The number of ether oxygens (including phenoxy) is 1. The molecule has 1 fully saturated rings. The molecule has 1 amide bonds. The van der Waals surface area contributed by atoms with Gasteiger partial charge in [-0.15, -0.1) is 0 Å². The van der Waals surface area contributed by atoms with E-state index in [2.05, 4.69) is 0 Å². The first-order chi connectivity index (χ1) is 7.90. The Morgan fingerprint density at radius 3 is 2.65 bits per heavy atom. The molecule has 0 saturated heterocycles. The quantitative estimate of drug-likeness (QED) is 0.878. The molecule has 4 heteroatoms. The van der Waals surface area contributed by atoms with Crippen molar-refractivity contribution >= 4 is 6.09 Å². The highest BCUT2D eigenvalue weighted by atomic mass is 19.1. The van der Waals surface area contributed by atoms with E-state index in [9.17, 15) is 9.18 Å². The molecule has 0 aliphatic heterocycles. The highest BCUT2D eigenvalue weighted by Gasteiger charge is 2.30. The van der Waals surface area contributed by atoms with Crippen LogP contribution in [0.15, 0.2) is 18.2 Å². The van der Waals surface area contributed by atoms with Gasteiger partial charge in [-0.3, -0.25) is 0 Å². The van der Waals surface area contributed by atoms with Crippen LogP contribution in [0.1, 0.15) is 43.7 Å². The van der Waals surface area contributed by atoms with Crippen LogP contribution in [0.4, 0.5) is 9.18 Å². The van der Waals surface area contributed by atoms with E-state index >= 15 is 0 Å². The molecule has 0 spiro atoms. The maximum absolute atomic E-state index is 13.8. The van der Waals surface area contributed by atoms with Crippen LogP contribution in [0.5, 0.6) is 0 Å². The molecule has 1 aromatic rings. The minimum atomic E-state index is -1.04. The van der Waals surface area contributed by atoms with Crippen molar-refractivity contribution in [3.05, 3.63) is 35.1 Å². The Bertz CT molecular complexity index is 453. The summed E-state index contributed by atoms with van der Waals surface area (Å²) in [6.07, 6.45) is 1.39. The summed E-state index contributed by atoms with van der Waals surface area (Å²) in [6.45, 7) is 3.26. The molecular weight excluding hydrogens is 221 g/mol. The molecule has 0 aromatic heterocycles. The summed E-state index contributed by atoms with van der Waals surface area (Å²) in [7, 11) is 0. The lowest BCUT2D eigenvalue weighted by Crippen LogP contribution is -2.29. The van der Waals surface area contributed by atoms with E-state index in [1.165, 1.54) is 6.07 Å². The predicted octanol–water partition coefficient (Wildman–Crippen LogP) is 3.03. The fourth-order valence-corrected chi connectivity index (χ4v) is 1.98. The molecule has 92 valence electrons. The standard InChI is InChI=1S/C13H16FNO2/c1-13(2,17-12(15)16)10-7-9(8-3-4-8)5-6-11(10)14/h5-8H,3-4H2,1-2H3,(H2,15,16). The summed E-state index contributed by atoms with van der Waals surface area (Å²) in [5.74, 6) is 0.152. The number of amides is 1. The van der Waals surface area contributed by atoms with Crippen LogP contribution in [0.3, 0.4) is 0 Å². The van der Waals surface area contributed by atoms with E-state index in [0.29, 0.717) is 11.5 Å². The van der Waals surface area contributed by atoms with Gasteiger partial charge < -0.3 is 10.5 Å². The molecule has 3 nitrogen and oxygen atoms in total. The topological polar surface area (TPSA) is 52.3 Å². The normalized spacial score (nSPS) is 15.7. The van der Waals surface area contributed by atoms with Crippen LogP contribution in [0.25, 0.3) is 0 Å². The molecule has 0 atom stereocenters. The third-order valence-corrected chi connectivity index (χ3v) is 3.04. The highest BCUT2D eigenvalue weighted by Crippen LogP contribution is 2.41. The van der Waals surface area contributed by atoms with E-state index in [1.807, 2.05) is 0 Å². The zero-order valence-electron chi connectivity index (χ0n) is 10.00. The van der Waals surface area contributed by atoms with Gasteiger partial charge in [0, 0.05) is 5.56 Å². The van der Waals surface area contributed by atoms with Crippen molar-refractivity contribution in [2.75, 3.05) is 0 Å². The van der Waals surface area contributed by atoms with Crippen molar-refractivity contribution in [2.24, 2.45) is 5.73 Å². The number of hydrogen-bond donors (Lipinski definition) is 1. The SMILES string of the molecule is CC(C)(OC(N)=O)c1cc(C2CC2)ccc1F. The Balaban J connectivity index is 2.35. The van der Waals surface area contributed by atoms with Crippen LogP contribution in [0.2, 0.25) is 0 Å². The van der Waals surface area contributed by atoms with Gasteiger partial charge in [-0.2, -0.15) is 0 Å². The third-order valence-electron chi connectivity index (χ3n) is 3.04. The van der Waals surface area contributed by atoms with E-state index in [0.717, 1.165) is 18.4 Å². The van der Waals surface area contributed by atoms with Crippen molar-refractivity contribution < 1.29 is 13.9 Å². The fourth-order valence-electron chi connectivity index (χ4n) is 1.98. The first kappa shape index (κ1) is 11.9. The Kier molecular flexibility index (Phi) is 2.81. The van der Waals surface area contributed by atoms with Crippen LogP contribution in [-0.4, -0.2) is 6.09 Å². The van der Waals surface area contributed by atoms with E-state index in [1.54, 1.807) is 26.0 Å². The van der Waals surface area contributed by atoms with Crippen molar-refractivity contribution in [2.45, 2.75) is 38.2 Å². The molecule has 1 aliphatic carbocycles. The van der Waals surface area contributed by atoms with Gasteiger partial charge in [0.1, 0.15) is 11.4 Å². The van der Waals surface area contributed by atoms with Gasteiger partial charge >= 0.3 is 6.09 Å². The Hall–Kier alpha value is -1.58. The average molecular weight is 237 g/mol. The first-order valence-corrected chi connectivity index (χ1v) is 5.68. The summed E-state index contributed by atoms with van der Waals surface area (Å²) in [4.78, 5) is 10.8. The minimum absolute atomic E-state index is 0.374. The fraction of sp³-hybridized carbons (Fsp3) is 0.462. The Morgan fingerprint density at radius 2 is 2.12 bits per heavy atom. The lowest BCUT2D eigenvalue weighted by atomic mass is 9.94. The van der Waals surface area contributed by atoms with Crippen molar-refractivity contribution in [3.63, 3.8) is 0 Å². The predicted molar refractivity (Wildman–Crippen MR) is 62.1 cm³/mol. The molecule has 1 aliphatic rings. The molecule has 17 heavy (non-hydrogen) atoms. The lowest BCUT2D eigenvalue weighted by Gasteiger charge is -2.25. The van der Waals surface area contributed by atoms with Crippen molar-refractivity contribution in [1.82, 2.24) is 0 Å². The van der Waals surface area contributed by atoms with Gasteiger partial charge in [0.15, 0.2) is 0 Å². The minimum Gasteiger partial charge on any atom is -0.439 e. The van der Waals surface area contributed by atoms with Gasteiger partial charge in [0.2, 0.25) is 0 Å². The molecular formula is C13H16FNO2. The number of halogens is 1. The van der Waals surface area contributed by atoms with Gasteiger partial charge in [-0.05, 0) is 50.3 Å². The van der Waals surface area contributed by atoms with E-state index in [-0.39, 0.29) is 5.82 Å². The molecule has 0 unspecified atom stereocenters. The van der Waals surface area contributed by atoms with Crippen molar-refractivity contribution in [3.8, 4) is 0 Å². The van der Waals surface area contributed by atoms with Gasteiger partial charge in [-0.25, -0.2) is 9.18 Å². The maximum Gasteiger partial charge on any atom is 0.405 e. The van der Waals surface area contributed by atoms with Crippen LogP contribution < -0.4 is 5.73 Å². The molecule has 2 rings (SSSR count). The number of carbonyl (C=O) groups excluding carboxylic acids is 1. The number of benzene rings is 1.